The molecule has 0 aliphatic heterocycles. The van der Waals surface area contributed by atoms with E-state index in [2.05, 4.69) is 47.9 Å². The number of esters is 2. The van der Waals surface area contributed by atoms with Crippen LogP contribution in [0.5, 0.6) is 0 Å². The fourth-order valence-corrected chi connectivity index (χ4v) is 4.65. The number of carbonyl (C=O) groups excluding carboxylic acids is 2. The van der Waals surface area contributed by atoms with Crippen LogP contribution < -0.4 is 0 Å². The highest BCUT2D eigenvalue weighted by Crippen LogP contribution is 2.35. The van der Waals surface area contributed by atoms with Crippen molar-refractivity contribution in [1.82, 2.24) is 0 Å². The van der Waals surface area contributed by atoms with Gasteiger partial charge in [0.1, 0.15) is 6.61 Å². The number of rotatable bonds is 30. The summed E-state index contributed by atoms with van der Waals surface area (Å²) in [4.78, 5) is 42.4. The predicted molar refractivity (Wildman–Crippen MR) is 180 cm³/mol. The number of aliphatic hydroxyl groups excluding tert-OH is 1. The summed E-state index contributed by atoms with van der Waals surface area (Å²) in [5.74, 6) is -0.976. The van der Waals surface area contributed by atoms with Crippen molar-refractivity contribution >= 4 is 19.8 Å². The number of unbranched alkanes of at least 4 members (excludes halogenated alkanes) is 9. The molecule has 0 aromatic rings. The second-order valence-electron chi connectivity index (χ2n) is 11.3. The molecule has 9 nitrogen and oxygen atoms in total. The second kappa shape index (κ2) is 30.6. The number of hydrogen-bond acceptors (Lipinski definition) is 7. The summed E-state index contributed by atoms with van der Waals surface area (Å²) in [6, 6.07) is 0. The Morgan fingerprint density at radius 3 is 1.73 bits per heavy atom. The third-order valence-corrected chi connectivity index (χ3v) is 7.50. The monoisotopic (exact) mass is 656 g/mol. The standard InChI is InChI=1S/C35H61O9P/c1-3-5-6-7-8-15-20-23-26-29-35(38)44-33(31-43-45(39,40)41)30-42-34(37)28-25-22-19-17-14-12-10-9-11-13-16-18-21-24-27-32(36)4-2/h10-13,17-19,21,32-33,36H,3-9,14-16,20,22-31H2,1-2H3,(H2,39,40,41)/b12-10-,13-11-,19-17-,21-18-/t32-,33+/m0/s1. The number of phosphoric ester groups is 1. The van der Waals surface area contributed by atoms with Crippen molar-refractivity contribution in [2.24, 2.45) is 0 Å². The van der Waals surface area contributed by atoms with Gasteiger partial charge >= 0.3 is 19.8 Å². The lowest BCUT2D eigenvalue weighted by molar-refractivity contribution is -0.161. The van der Waals surface area contributed by atoms with Gasteiger partial charge in [-0.15, -0.1) is 0 Å². The number of carbonyl (C=O) groups is 2. The van der Waals surface area contributed by atoms with Gasteiger partial charge in [-0.25, -0.2) is 4.57 Å². The number of phosphoric acid groups is 1. The molecule has 45 heavy (non-hydrogen) atoms. The molecule has 0 radical (unpaired) electrons. The average Bonchev–Trinajstić information content (AvgIpc) is 3.00. The zero-order chi connectivity index (χ0) is 33.4. The Morgan fingerprint density at radius 2 is 1.18 bits per heavy atom. The molecule has 0 spiro atoms. The maximum Gasteiger partial charge on any atom is 0.469 e. The van der Waals surface area contributed by atoms with Crippen LogP contribution in [0.25, 0.3) is 0 Å². The van der Waals surface area contributed by atoms with Crippen LogP contribution in [0.2, 0.25) is 0 Å². The second-order valence-corrected chi connectivity index (χ2v) is 12.5. The molecule has 0 aliphatic carbocycles. The Morgan fingerprint density at radius 1 is 0.667 bits per heavy atom. The molecule has 0 aromatic carbocycles. The van der Waals surface area contributed by atoms with Gasteiger partial charge in [-0.2, -0.15) is 0 Å². The van der Waals surface area contributed by atoms with Gasteiger partial charge in [-0.05, 0) is 57.8 Å². The van der Waals surface area contributed by atoms with Crippen LogP contribution in [-0.4, -0.2) is 52.3 Å². The first-order valence-electron chi connectivity index (χ1n) is 17.0. The molecular weight excluding hydrogens is 595 g/mol. The van der Waals surface area contributed by atoms with Crippen molar-refractivity contribution in [3.63, 3.8) is 0 Å². The predicted octanol–water partition coefficient (Wildman–Crippen LogP) is 8.59. The molecule has 0 rings (SSSR count). The van der Waals surface area contributed by atoms with E-state index in [1.165, 1.54) is 32.1 Å². The topological polar surface area (TPSA) is 140 Å². The van der Waals surface area contributed by atoms with Crippen LogP contribution in [0.15, 0.2) is 48.6 Å². The largest absolute Gasteiger partial charge is 0.469 e. The summed E-state index contributed by atoms with van der Waals surface area (Å²) in [5.41, 5.74) is 0. The summed E-state index contributed by atoms with van der Waals surface area (Å²) in [5, 5.41) is 9.51. The third-order valence-electron chi connectivity index (χ3n) is 7.01. The summed E-state index contributed by atoms with van der Waals surface area (Å²) < 4.78 is 26.1. The maximum absolute atomic E-state index is 12.2. The molecule has 10 heteroatoms. The number of aliphatic hydroxyl groups is 1. The molecule has 2 atom stereocenters. The Hall–Kier alpha value is -2.03. The first kappa shape index (κ1) is 43.0. The van der Waals surface area contributed by atoms with E-state index in [-0.39, 0.29) is 25.6 Å². The number of hydrogen-bond donors (Lipinski definition) is 3. The summed E-state index contributed by atoms with van der Waals surface area (Å²) in [7, 11) is -4.76. The molecule has 260 valence electrons. The Balaban J connectivity index is 4.11. The van der Waals surface area contributed by atoms with Gasteiger partial charge in [0.05, 0.1) is 12.7 Å². The van der Waals surface area contributed by atoms with E-state index in [9.17, 15) is 19.3 Å². The van der Waals surface area contributed by atoms with Crippen molar-refractivity contribution in [3.05, 3.63) is 48.6 Å². The van der Waals surface area contributed by atoms with Crippen LogP contribution in [-0.2, 0) is 28.2 Å². The van der Waals surface area contributed by atoms with Gasteiger partial charge in [0.25, 0.3) is 0 Å². The lowest BCUT2D eigenvalue weighted by Gasteiger charge is -2.18. The van der Waals surface area contributed by atoms with Crippen molar-refractivity contribution in [3.8, 4) is 0 Å². The quantitative estimate of drug-likeness (QED) is 0.0300. The van der Waals surface area contributed by atoms with Crippen LogP contribution in [0, 0.1) is 0 Å². The highest BCUT2D eigenvalue weighted by Gasteiger charge is 2.22. The van der Waals surface area contributed by atoms with Crippen LogP contribution in [0.4, 0.5) is 0 Å². The van der Waals surface area contributed by atoms with Gasteiger partial charge in [-0.3, -0.25) is 14.1 Å². The summed E-state index contributed by atoms with van der Waals surface area (Å²) in [6.45, 7) is 3.30. The van der Waals surface area contributed by atoms with Crippen molar-refractivity contribution in [2.45, 2.75) is 148 Å². The lowest BCUT2D eigenvalue weighted by atomic mass is 10.1. The average molecular weight is 657 g/mol. The molecule has 0 heterocycles. The zero-order valence-electron chi connectivity index (χ0n) is 27.9. The number of ether oxygens (including phenoxy) is 2. The first-order valence-corrected chi connectivity index (χ1v) is 18.5. The molecule has 0 bridgehead atoms. The highest BCUT2D eigenvalue weighted by atomic mass is 31.2. The third kappa shape index (κ3) is 33.2. The number of allylic oxidation sites excluding steroid dienone is 8. The molecule has 0 unspecified atom stereocenters. The zero-order valence-corrected chi connectivity index (χ0v) is 28.8. The van der Waals surface area contributed by atoms with Crippen molar-refractivity contribution < 1.29 is 43.0 Å². The van der Waals surface area contributed by atoms with Crippen LogP contribution in [0.3, 0.4) is 0 Å². The molecule has 0 aromatic heterocycles. The van der Waals surface area contributed by atoms with Gasteiger partial charge in [0, 0.05) is 12.8 Å². The lowest BCUT2D eigenvalue weighted by Crippen LogP contribution is -2.29. The molecule has 3 N–H and O–H groups in total. The van der Waals surface area contributed by atoms with Gasteiger partial charge in [0.15, 0.2) is 6.10 Å². The highest BCUT2D eigenvalue weighted by molar-refractivity contribution is 7.46. The van der Waals surface area contributed by atoms with Gasteiger partial charge in [0.2, 0.25) is 0 Å². The van der Waals surface area contributed by atoms with Crippen LogP contribution >= 0.6 is 7.82 Å². The minimum absolute atomic E-state index is 0.178. The van der Waals surface area contributed by atoms with E-state index in [0.717, 1.165) is 57.8 Å². The van der Waals surface area contributed by atoms with Crippen molar-refractivity contribution in [2.75, 3.05) is 13.2 Å². The maximum atomic E-state index is 12.2. The molecule has 0 aliphatic rings. The van der Waals surface area contributed by atoms with Crippen molar-refractivity contribution in [1.29, 1.82) is 0 Å². The minimum Gasteiger partial charge on any atom is -0.462 e. The van der Waals surface area contributed by atoms with Gasteiger partial charge in [-0.1, -0.05) is 114 Å². The molecule has 0 saturated carbocycles. The molecule has 0 amide bonds. The van der Waals surface area contributed by atoms with Crippen LogP contribution in [0.1, 0.15) is 136 Å². The Bertz CT molecular complexity index is 892. The Labute approximate surface area is 272 Å². The van der Waals surface area contributed by atoms with E-state index in [0.29, 0.717) is 19.3 Å². The summed E-state index contributed by atoms with van der Waals surface area (Å²) in [6.07, 6.45) is 32.2. The molecule has 0 saturated heterocycles. The Kier molecular flexibility index (Phi) is 29.2. The fraction of sp³-hybridized carbons (Fsp3) is 0.714. The fourth-order valence-electron chi connectivity index (χ4n) is 4.29. The molecule has 0 fully saturated rings. The van der Waals surface area contributed by atoms with E-state index in [4.69, 9.17) is 19.3 Å². The smallest absolute Gasteiger partial charge is 0.462 e. The SMILES string of the molecule is CCCCCCCCCCCC(=O)O[C@H](COC(=O)CCC/C=C\C/C=C\C/C=C\C/C=C\CC[C@@H](O)CC)COP(=O)(O)O. The minimum atomic E-state index is -4.76. The van der Waals surface area contributed by atoms with E-state index in [1.54, 1.807) is 0 Å². The normalized spacial score (nSPS) is 13.8. The van der Waals surface area contributed by atoms with E-state index in [1.807, 2.05) is 19.1 Å². The van der Waals surface area contributed by atoms with E-state index >= 15 is 0 Å². The summed E-state index contributed by atoms with van der Waals surface area (Å²) >= 11 is 0. The first-order chi connectivity index (χ1) is 21.7. The van der Waals surface area contributed by atoms with Gasteiger partial charge < -0.3 is 24.4 Å². The van der Waals surface area contributed by atoms with E-state index < -0.39 is 32.5 Å². The molecular formula is C35H61O9P.